The normalized spacial score (nSPS) is 14.6. The molecule has 34 heavy (non-hydrogen) atoms. The van der Waals surface area contributed by atoms with Crippen molar-refractivity contribution >= 4 is 29.0 Å². The number of alkyl halides is 3. The Balaban J connectivity index is 1.73. The van der Waals surface area contributed by atoms with Crippen molar-refractivity contribution in [2.24, 2.45) is 5.92 Å². The first-order chi connectivity index (χ1) is 16.2. The van der Waals surface area contributed by atoms with Crippen molar-refractivity contribution in [1.29, 1.82) is 0 Å². The Morgan fingerprint density at radius 1 is 1.03 bits per heavy atom. The molecular weight excluding hydrogens is 449 g/mol. The molecule has 3 rings (SSSR count). The molecule has 0 atom stereocenters. The molecule has 0 spiro atoms. The zero-order chi connectivity index (χ0) is 24.7. The first kappa shape index (κ1) is 25.4. The van der Waals surface area contributed by atoms with Crippen LogP contribution in [0.3, 0.4) is 0 Å². The van der Waals surface area contributed by atoms with Crippen LogP contribution in [0.25, 0.3) is 0 Å². The summed E-state index contributed by atoms with van der Waals surface area (Å²) in [6, 6.07) is 8.61. The van der Waals surface area contributed by atoms with Crippen molar-refractivity contribution in [2.75, 3.05) is 48.9 Å². The molecule has 0 unspecified atom stereocenters. The van der Waals surface area contributed by atoms with Crippen LogP contribution >= 0.6 is 0 Å². The van der Waals surface area contributed by atoms with Gasteiger partial charge in [0.2, 0.25) is 0 Å². The zero-order valence-electron chi connectivity index (χ0n) is 19.2. The first-order valence-electron chi connectivity index (χ1n) is 11.1. The van der Waals surface area contributed by atoms with Gasteiger partial charge in [-0.2, -0.15) is 13.2 Å². The third-order valence-electron chi connectivity index (χ3n) is 5.69. The lowest BCUT2D eigenvalue weighted by Crippen LogP contribution is -2.35. The van der Waals surface area contributed by atoms with Crippen LogP contribution in [0.15, 0.2) is 42.5 Å². The number of hydrogen-bond acceptors (Lipinski definition) is 4. The average molecular weight is 479 g/mol. The van der Waals surface area contributed by atoms with E-state index in [-0.39, 0.29) is 11.6 Å². The predicted molar refractivity (Wildman–Crippen MR) is 125 cm³/mol. The SMILES string of the molecule is COCCNC(=O)c1cc(NC(=O)Nc2ccc(C(F)(F)F)cc2)ccc1N1CCC(C)CC1. The summed E-state index contributed by atoms with van der Waals surface area (Å²) in [5.41, 5.74) is 1.01. The van der Waals surface area contributed by atoms with Crippen LogP contribution in [-0.4, -0.2) is 45.3 Å². The number of carbonyl (C=O) groups is 2. The van der Waals surface area contributed by atoms with Crippen LogP contribution in [-0.2, 0) is 10.9 Å². The Bertz CT molecular complexity index is 988. The molecule has 0 bridgehead atoms. The van der Waals surface area contributed by atoms with Crippen LogP contribution in [0.2, 0.25) is 0 Å². The summed E-state index contributed by atoms with van der Waals surface area (Å²) in [5.74, 6) is 0.350. The summed E-state index contributed by atoms with van der Waals surface area (Å²) in [7, 11) is 1.55. The molecule has 0 aliphatic carbocycles. The minimum Gasteiger partial charge on any atom is -0.383 e. The van der Waals surface area contributed by atoms with Gasteiger partial charge in [0.25, 0.3) is 5.91 Å². The van der Waals surface area contributed by atoms with Gasteiger partial charge in [0, 0.05) is 43.8 Å². The fourth-order valence-electron chi connectivity index (χ4n) is 3.72. The quantitative estimate of drug-likeness (QED) is 0.491. The van der Waals surface area contributed by atoms with Gasteiger partial charge in [-0.1, -0.05) is 6.92 Å². The number of amides is 3. The van der Waals surface area contributed by atoms with E-state index in [1.807, 2.05) is 0 Å². The van der Waals surface area contributed by atoms with Crippen LogP contribution in [0, 0.1) is 5.92 Å². The number of rotatable bonds is 7. The standard InChI is InChI=1S/C24H29F3N4O3/c1-16-9-12-31(13-10-16)21-8-7-19(15-20(21)22(32)28-11-14-34-2)30-23(33)29-18-5-3-17(4-6-18)24(25,26)27/h3-8,15-16H,9-14H2,1-2H3,(H,28,32)(H2,29,30,33). The number of urea groups is 1. The van der Waals surface area contributed by atoms with Crippen molar-refractivity contribution in [3.63, 3.8) is 0 Å². The Kier molecular flexibility index (Phi) is 8.38. The second-order valence-corrected chi connectivity index (χ2v) is 8.30. The molecule has 2 aromatic carbocycles. The van der Waals surface area contributed by atoms with E-state index in [1.165, 1.54) is 12.1 Å². The average Bonchev–Trinajstić information content (AvgIpc) is 2.79. The number of hydrogen-bond donors (Lipinski definition) is 3. The van der Waals surface area contributed by atoms with Gasteiger partial charge in [-0.3, -0.25) is 4.79 Å². The topological polar surface area (TPSA) is 82.7 Å². The Labute approximate surface area is 196 Å². The van der Waals surface area contributed by atoms with Gasteiger partial charge in [0.15, 0.2) is 0 Å². The number of methoxy groups -OCH3 is 1. The summed E-state index contributed by atoms with van der Waals surface area (Å²) in [4.78, 5) is 27.4. The van der Waals surface area contributed by atoms with E-state index in [0.29, 0.717) is 30.3 Å². The molecule has 0 radical (unpaired) electrons. The number of nitrogens with one attached hydrogen (secondary N) is 3. The molecule has 10 heteroatoms. The predicted octanol–water partition coefficient (Wildman–Crippen LogP) is 4.96. The van der Waals surface area contributed by atoms with Gasteiger partial charge in [0.05, 0.1) is 17.7 Å². The third-order valence-corrected chi connectivity index (χ3v) is 5.69. The number of carbonyl (C=O) groups excluding carboxylic acids is 2. The largest absolute Gasteiger partial charge is 0.416 e. The maximum atomic E-state index is 12.9. The highest BCUT2D eigenvalue weighted by Crippen LogP contribution is 2.30. The number of benzene rings is 2. The molecule has 0 saturated carbocycles. The Morgan fingerprint density at radius 3 is 2.26 bits per heavy atom. The molecule has 3 amide bonds. The van der Waals surface area contributed by atoms with E-state index in [4.69, 9.17) is 4.74 Å². The summed E-state index contributed by atoms with van der Waals surface area (Å²) in [5, 5.41) is 7.95. The maximum Gasteiger partial charge on any atom is 0.416 e. The second kappa shape index (κ2) is 11.2. The fraction of sp³-hybridized carbons (Fsp3) is 0.417. The number of piperidine rings is 1. The molecule has 3 N–H and O–H groups in total. The highest BCUT2D eigenvalue weighted by molar-refractivity contribution is 6.04. The lowest BCUT2D eigenvalue weighted by molar-refractivity contribution is -0.137. The maximum absolute atomic E-state index is 12.9. The molecule has 2 aromatic rings. The number of anilines is 3. The molecular formula is C24H29F3N4O3. The van der Waals surface area contributed by atoms with Gasteiger partial charge in [-0.25, -0.2) is 4.79 Å². The lowest BCUT2D eigenvalue weighted by atomic mass is 9.98. The lowest BCUT2D eigenvalue weighted by Gasteiger charge is -2.33. The third kappa shape index (κ3) is 6.86. The molecule has 1 saturated heterocycles. The van der Waals surface area contributed by atoms with E-state index in [2.05, 4.69) is 27.8 Å². The van der Waals surface area contributed by atoms with Gasteiger partial charge in [0.1, 0.15) is 0 Å². The summed E-state index contributed by atoms with van der Waals surface area (Å²) < 4.78 is 43.1. The summed E-state index contributed by atoms with van der Waals surface area (Å²) in [6.45, 7) is 4.59. The molecule has 1 aliphatic heterocycles. The van der Waals surface area contributed by atoms with E-state index in [0.717, 1.165) is 43.8 Å². The van der Waals surface area contributed by atoms with E-state index in [9.17, 15) is 22.8 Å². The van der Waals surface area contributed by atoms with E-state index >= 15 is 0 Å². The van der Waals surface area contributed by atoms with E-state index < -0.39 is 17.8 Å². The smallest absolute Gasteiger partial charge is 0.383 e. The van der Waals surface area contributed by atoms with Gasteiger partial charge in [-0.15, -0.1) is 0 Å². The van der Waals surface area contributed by atoms with Crippen molar-refractivity contribution < 1.29 is 27.5 Å². The summed E-state index contributed by atoms with van der Waals surface area (Å²) >= 11 is 0. The zero-order valence-corrected chi connectivity index (χ0v) is 19.2. The molecule has 0 aromatic heterocycles. The monoisotopic (exact) mass is 478 g/mol. The Morgan fingerprint density at radius 2 is 1.65 bits per heavy atom. The van der Waals surface area contributed by atoms with Crippen molar-refractivity contribution in [3.8, 4) is 0 Å². The number of nitrogens with zero attached hydrogens (tertiary/aromatic N) is 1. The van der Waals surface area contributed by atoms with Crippen molar-refractivity contribution in [1.82, 2.24) is 5.32 Å². The molecule has 1 aliphatic rings. The first-order valence-corrected chi connectivity index (χ1v) is 11.1. The molecule has 184 valence electrons. The van der Waals surface area contributed by atoms with Gasteiger partial charge >= 0.3 is 12.2 Å². The molecule has 1 heterocycles. The molecule has 7 nitrogen and oxygen atoms in total. The van der Waals surface area contributed by atoms with Crippen molar-refractivity contribution in [2.45, 2.75) is 25.9 Å². The van der Waals surface area contributed by atoms with Crippen molar-refractivity contribution in [3.05, 3.63) is 53.6 Å². The molecule has 1 fully saturated rings. The Hall–Kier alpha value is -3.27. The minimum absolute atomic E-state index is 0.210. The number of halogens is 3. The van der Waals surface area contributed by atoms with Gasteiger partial charge in [-0.05, 0) is 61.2 Å². The van der Waals surface area contributed by atoms with E-state index in [1.54, 1.807) is 25.3 Å². The second-order valence-electron chi connectivity index (χ2n) is 8.30. The highest BCUT2D eigenvalue weighted by Gasteiger charge is 2.30. The number of ether oxygens (including phenoxy) is 1. The van der Waals surface area contributed by atoms with Gasteiger partial charge < -0.3 is 25.6 Å². The van der Waals surface area contributed by atoms with Crippen LogP contribution in [0.5, 0.6) is 0 Å². The highest BCUT2D eigenvalue weighted by atomic mass is 19.4. The van der Waals surface area contributed by atoms with Crippen LogP contribution in [0.4, 0.5) is 35.0 Å². The minimum atomic E-state index is -4.45. The fourth-order valence-corrected chi connectivity index (χ4v) is 3.72. The van der Waals surface area contributed by atoms with Crippen LogP contribution < -0.4 is 20.9 Å². The summed E-state index contributed by atoms with van der Waals surface area (Å²) in [6.07, 6.45) is -2.39. The van der Waals surface area contributed by atoms with Crippen LogP contribution in [0.1, 0.15) is 35.7 Å².